The summed E-state index contributed by atoms with van der Waals surface area (Å²) in [7, 11) is 0. The molecule has 5 N–H and O–H groups in total. The van der Waals surface area contributed by atoms with Crippen LogP contribution in [0.15, 0.2) is 21.8 Å². The highest BCUT2D eigenvalue weighted by Gasteiger charge is 2.55. The number of carbonyl (C=O) groups is 5. The number of anilines is 1. The fraction of sp³-hybridized carbons (Fsp3) is 0.389. The normalized spacial score (nSPS) is 24.3. The number of amides is 2. The third-order valence-electron chi connectivity index (χ3n) is 5.08. The van der Waals surface area contributed by atoms with Crippen LogP contribution in [0.4, 0.5) is 5.13 Å². The number of thiazole rings is 1. The molecule has 0 aliphatic carbocycles. The van der Waals surface area contributed by atoms with Crippen molar-refractivity contribution in [3.05, 3.63) is 22.3 Å². The number of thioether (sulfide) groups is 1. The molecule has 0 aromatic carbocycles. The molecule has 1 unspecified atom stereocenters. The molecule has 0 radical (unpaired) electrons. The molecule has 34 heavy (non-hydrogen) atoms. The Morgan fingerprint density at radius 2 is 2.12 bits per heavy atom. The molecule has 4 rings (SSSR count). The fourth-order valence-electron chi connectivity index (χ4n) is 3.62. The molecule has 4 heterocycles. The molecule has 0 saturated carbocycles. The number of nitrogen functional groups attached to an aromatic ring is 1. The standard InChI is InChI=1S/C18H17N5O9S2/c19-18-20-7(5-34-18)11(22-31-3-9(24)25)14(27)21-12-15(28)23-13(17(29)30)6(4-33-16(12)23)8-1-2-10(26)32-8/h5,8,12,16H,1-4H2,(H2,19,20)(H,21,27)(H,24,25)(H,29,30)/b22-11+/t8?,12-,16-/m1/s1. The Kier molecular flexibility index (Phi) is 6.43. The van der Waals surface area contributed by atoms with Crippen molar-refractivity contribution in [3.63, 3.8) is 0 Å². The molecular formula is C18H17N5O9S2. The summed E-state index contributed by atoms with van der Waals surface area (Å²) in [4.78, 5) is 69.5. The first-order chi connectivity index (χ1) is 16.2. The largest absolute Gasteiger partial charge is 0.479 e. The number of hydrogen-bond donors (Lipinski definition) is 4. The van der Waals surface area contributed by atoms with Crippen LogP contribution in [-0.4, -0.2) is 85.4 Å². The first kappa shape index (κ1) is 23.5. The van der Waals surface area contributed by atoms with E-state index < -0.39 is 59.6 Å². The molecule has 3 atom stereocenters. The van der Waals surface area contributed by atoms with Crippen molar-refractivity contribution in [2.24, 2.45) is 5.16 Å². The van der Waals surface area contributed by atoms with E-state index in [9.17, 15) is 29.1 Å². The number of esters is 1. The highest BCUT2D eigenvalue weighted by atomic mass is 32.2. The molecule has 3 aliphatic heterocycles. The van der Waals surface area contributed by atoms with Gasteiger partial charge >= 0.3 is 17.9 Å². The van der Waals surface area contributed by atoms with E-state index in [0.717, 1.165) is 16.2 Å². The number of aliphatic carboxylic acids is 2. The number of carboxylic acid groups (broad SMARTS) is 2. The van der Waals surface area contributed by atoms with Crippen LogP contribution in [0.1, 0.15) is 18.5 Å². The topological polar surface area (TPSA) is 211 Å². The number of nitrogens with one attached hydrogen (secondary N) is 1. The Morgan fingerprint density at radius 3 is 2.71 bits per heavy atom. The minimum atomic E-state index is -1.34. The van der Waals surface area contributed by atoms with E-state index in [1.165, 1.54) is 17.1 Å². The highest BCUT2D eigenvalue weighted by molar-refractivity contribution is 8.00. The number of nitrogens with zero attached hydrogens (tertiary/aromatic N) is 3. The van der Waals surface area contributed by atoms with Gasteiger partial charge < -0.3 is 30.8 Å². The Labute approximate surface area is 198 Å². The number of β-lactam (4-membered cyclic amide) rings is 1. The number of carboxylic acids is 2. The molecule has 0 spiro atoms. The van der Waals surface area contributed by atoms with E-state index in [4.69, 9.17) is 15.6 Å². The smallest absolute Gasteiger partial charge is 0.352 e. The maximum atomic E-state index is 12.9. The molecule has 180 valence electrons. The molecule has 0 bridgehead atoms. The Hall–Kier alpha value is -3.66. The van der Waals surface area contributed by atoms with Gasteiger partial charge in [-0.05, 0) is 6.42 Å². The first-order valence-electron chi connectivity index (χ1n) is 9.71. The summed E-state index contributed by atoms with van der Waals surface area (Å²) in [5, 5.41) is 25.3. The van der Waals surface area contributed by atoms with Crippen LogP contribution < -0.4 is 11.1 Å². The predicted molar refractivity (Wildman–Crippen MR) is 115 cm³/mol. The summed E-state index contributed by atoms with van der Waals surface area (Å²) in [6, 6.07) is -1.08. The molecule has 1 aromatic heterocycles. The number of aromatic nitrogens is 1. The zero-order valence-corrected chi connectivity index (χ0v) is 18.8. The van der Waals surface area contributed by atoms with E-state index in [0.29, 0.717) is 12.0 Å². The maximum absolute atomic E-state index is 12.9. The molecule has 2 saturated heterocycles. The molecule has 14 nitrogen and oxygen atoms in total. The lowest BCUT2D eigenvalue weighted by atomic mass is 9.99. The van der Waals surface area contributed by atoms with Gasteiger partial charge in [0.05, 0.1) is 0 Å². The average molecular weight is 511 g/mol. The lowest BCUT2D eigenvalue weighted by molar-refractivity contribution is -0.150. The van der Waals surface area contributed by atoms with Gasteiger partial charge in [0, 0.05) is 23.1 Å². The van der Waals surface area contributed by atoms with Crippen molar-refractivity contribution in [2.45, 2.75) is 30.4 Å². The van der Waals surface area contributed by atoms with Crippen LogP contribution in [0, 0.1) is 0 Å². The summed E-state index contributed by atoms with van der Waals surface area (Å²) in [5.41, 5.74) is 5.28. The number of hydrogen-bond acceptors (Lipinski definition) is 12. The molecule has 3 aliphatic rings. The zero-order valence-electron chi connectivity index (χ0n) is 17.1. The van der Waals surface area contributed by atoms with Gasteiger partial charge in [-0.2, -0.15) is 0 Å². The predicted octanol–water partition coefficient (Wildman–Crippen LogP) is -1.03. The molecule has 1 aromatic rings. The van der Waals surface area contributed by atoms with Crippen LogP contribution >= 0.6 is 23.1 Å². The van der Waals surface area contributed by atoms with Crippen LogP contribution in [0.2, 0.25) is 0 Å². The van der Waals surface area contributed by atoms with Gasteiger partial charge in [-0.3, -0.25) is 19.3 Å². The Morgan fingerprint density at radius 1 is 1.35 bits per heavy atom. The Balaban J connectivity index is 1.53. The summed E-state index contributed by atoms with van der Waals surface area (Å²) in [6.45, 7) is -0.813. The van der Waals surface area contributed by atoms with Crippen LogP contribution in [0.5, 0.6) is 0 Å². The highest BCUT2D eigenvalue weighted by Crippen LogP contribution is 2.42. The third-order valence-corrected chi connectivity index (χ3v) is 7.06. The number of fused-ring (bicyclic) bond motifs is 1. The maximum Gasteiger partial charge on any atom is 0.352 e. The number of ether oxygens (including phenoxy) is 1. The van der Waals surface area contributed by atoms with Crippen molar-refractivity contribution in [1.82, 2.24) is 15.2 Å². The van der Waals surface area contributed by atoms with E-state index >= 15 is 0 Å². The van der Waals surface area contributed by atoms with E-state index in [-0.39, 0.29) is 28.7 Å². The third kappa shape index (κ3) is 4.41. The van der Waals surface area contributed by atoms with Crippen molar-refractivity contribution in [1.29, 1.82) is 0 Å². The number of nitrogens with two attached hydrogens (primary N) is 1. The lowest BCUT2D eigenvalue weighted by Gasteiger charge is -2.49. The summed E-state index contributed by atoms with van der Waals surface area (Å²) in [6.07, 6.45) is -0.228. The fourth-order valence-corrected chi connectivity index (χ4v) is 5.58. The monoisotopic (exact) mass is 511 g/mol. The van der Waals surface area contributed by atoms with Crippen molar-refractivity contribution in [2.75, 3.05) is 18.1 Å². The summed E-state index contributed by atoms with van der Waals surface area (Å²) < 4.78 is 5.18. The van der Waals surface area contributed by atoms with Crippen molar-refractivity contribution in [3.8, 4) is 0 Å². The lowest BCUT2D eigenvalue weighted by Crippen LogP contribution is -2.71. The van der Waals surface area contributed by atoms with Crippen LogP contribution in [-0.2, 0) is 33.5 Å². The number of cyclic esters (lactones) is 1. The molecule has 16 heteroatoms. The second-order valence-electron chi connectivity index (χ2n) is 7.24. The van der Waals surface area contributed by atoms with Crippen molar-refractivity contribution >= 4 is 63.7 Å². The van der Waals surface area contributed by atoms with Crippen molar-refractivity contribution < 1.29 is 43.8 Å². The quantitative estimate of drug-likeness (QED) is 0.143. The van der Waals surface area contributed by atoms with Gasteiger partial charge in [0.1, 0.15) is 28.9 Å². The zero-order chi connectivity index (χ0) is 24.6. The number of oxime groups is 1. The molecule has 2 amide bonds. The van der Waals surface area contributed by atoms with Crippen LogP contribution in [0.3, 0.4) is 0 Å². The van der Waals surface area contributed by atoms with Gasteiger partial charge in [-0.1, -0.05) is 5.16 Å². The number of carbonyl (C=O) groups excluding carboxylic acids is 3. The van der Waals surface area contributed by atoms with Gasteiger partial charge in [-0.15, -0.1) is 23.1 Å². The average Bonchev–Trinajstić information content (AvgIpc) is 3.41. The first-order valence-corrected chi connectivity index (χ1v) is 11.6. The number of rotatable bonds is 8. The summed E-state index contributed by atoms with van der Waals surface area (Å²) >= 11 is 2.22. The van der Waals surface area contributed by atoms with E-state index in [1.807, 2.05) is 0 Å². The van der Waals surface area contributed by atoms with Gasteiger partial charge in [0.25, 0.3) is 11.8 Å². The molecule has 2 fully saturated rings. The van der Waals surface area contributed by atoms with Gasteiger partial charge in [0.15, 0.2) is 10.8 Å². The minimum Gasteiger partial charge on any atom is -0.479 e. The second-order valence-corrected chi connectivity index (χ2v) is 9.23. The van der Waals surface area contributed by atoms with Gasteiger partial charge in [-0.25, -0.2) is 14.6 Å². The van der Waals surface area contributed by atoms with E-state index in [2.05, 4.69) is 20.3 Å². The Bertz CT molecular complexity index is 1150. The van der Waals surface area contributed by atoms with Gasteiger partial charge in [0.2, 0.25) is 6.61 Å². The minimum absolute atomic E-state index is 0.0155. The second kappa shape index (κ2) is 9.30. The van der Waals surface area contributed by atoms with Crippen LogP contribution in [0.25, 0.3) is 0 Å². The SMILES string of the molecule is Nc1nc(/C(=N\OCC(=O)O)C(=O)N[C@@H]2C(=O)N3C(C(=O)O)=C(C4CCC(=O)O4)CS[C@H]23)cs1. The van der Waals surface area contributed by atoms with E-state index in [1.54, 1.807) is 0 Å². The molecular weight excluding hydrogens is 494 g/mol. The summed E-state index contributed by atoms with van der Waals surface area (Å²) in [5.74, 6) is -4.47.